The van der Waals surface area contributed by atoms with E-state index in [-0.39, 0.29) is 18.3 Å². The highest BCUT2D eigenvalue weighted by molar-refractivity contribution is 6.38. The number of amides is 1. The van der Waals surface area contributed by atoms with Crippen molar-refractivity contribution < 1.29 is 9.90 Å². The van der Waals surface area contributed by atoms with Gasteiger partial charge in [-0.05, 0) is 24.3 Å². The topological polar surface area (TPSA) is 61.4 Å². The van der Waals surface area contributed by atoms with Crippen LogP contribution >= 0.6 is 34.8 Å². The summed E-state index contributed by atoms with van der Waals surface area (Å²) in [6, 6.07) is 11.9. The molecule has 2 rings (SSSR count). The number of benzene rings is 2. The first-order chi connectivity index (χ1) is 11.0. The summed E-state index contributed by atoms with van der Waals surface area (Å²) < 4.78 is 0. The molecule has 0 aliphatic heterocycles. The van der Waals surface area contributed by atoms with Crippen LogP contribution in [0.1, 0.15) is 10.4 Å². The zero-order chi connectivity index (χ0) is 16.8. The molecule has 23 heavy (non-hydrogen) atoms. The molecular formula is C16H15Cl3N2O2. The van der Waals surface area contributed by atoms with Gasteiger partial charge >= 0.3 is 0 Å². The van der Waals surface area contributed by atoms with E-state index in [1.54, 1.807) is 30.3 Å². The summed E-state index contributed by atoms with van der Waals surface area (Å²) in [6.07, 6.45) is -0.703. The Bertz CT molecular complexity index is 681. The van der Waals surface area contributed by atoms with E-state index < -0.39 is 6.10 Å². The normalized spacial score (nSPS) is 11.8. The van der Waals surface area contributed by atoms with Crippen LogP contribution in [0.3, 0.4) is 0 Å². The van der Waals surface area contributed by atoms with Gasteiger partial charge < -0.3 is 15.7 Å². The Morgan fingerprint density at radius 2 is 1.74 bits per heavy atom. The van der Waals surface area contributed by atoms with E-state index in [1.165, 1.54) is 6.07 Å². The third kappa shape index (κ3) is 5.01. The maximum absolute atomic E-state index is 12.2. The van der Waals surface area contributed by atoms with Crippen molar-refractivity contribution in [3.8, 4) is 0 Å². The summed E-state index contributed by atoms with van der Waals surface area (Å²) in [5, 5.41) is 15.9. The van der Waals surface area contributed by atoms with E-state index in [9.17, 15) is 9.90 Å². The Morgan fingerprint density at radius 3 is 2.39 bits per heavy atom. The van der Waals surface area contributed by atoms with Crippen LogP contribution in [0.2, 0.25) is 10.0 Å². The van der Waals surface area contributed by atoms with Crippen molar-refractivity contribution in [3.63, 3.8) is 0 Å². The molecule has 1 unspecified atom stereocenters. The predicted molar refractivity (Wildman–Crippen MR) is 96.1 cm³/mol. The fraction of sp³-hybridized carbons (Fsp3) is 0.188. The smallest absolute Gasteiger partial charge is 0.255 e. The molecule has 0 spiro atoms. The second kappa shape index (κ2) is 8.41. The van der Waals surface area contributed by atoms with Crippen LogP contribution in [0.15, 0.2) is 42.5 Å². The van der Waals surface area contributed by atoms with Crippen LogP contribution in [0.4, 0.5) is 11.4 Å². The van der Waals surface area contributed by atoms with Crippen molar-refractivity contribution in [2.75, 3.05) is 23.1 Å². The van der Waals surface area contributed by atoms with E-state index in [0.29, 0.717) is 27.0 Å². The highest BCUT2D eigenvalue weighted by atomic mass is 35.5. The molecule has 1 atom stereocenters. The Hall–Kier alpha value is -1.46. The maximum atomic E-state index is 12.2. The predicted octanol–water partition coefficient (Wildman–Crippen LogP) is 4.26. The summed E-state index contributed by atoms with van der Waals surface area (Å²) in [4.78, 5) is 12.2. The number of rotatable bonds is 6. The van der Waals surface area contributed by atoms with Crippen LogP contribution < -0.4 is 10.6 Å². The minimum absolute atomic E-state index is 0.107. The number of carbonyl (C=O) groups excluding carboxylic acids is 1. The fourth-order valence-corrected chi connectivity index (χ4v) is 2.45. The van der Waals surface area contributed by atoms with E-state index in [4.69, 9.17) is 34.8 Å². The van der Waals surface area contributed by atoms with Gasteiger partial charge in [0.2, 0.25) is 0 Å². The SMILES string of the molecule is O=C(Nc1cc(NCC(O)CCl)c(Cl)cc1Cl)c1ccccc1. The maximum Gasteiger partial charge on any atom is 0.255 e. The first-order valence-electron chi connectivity index (χ1n) is 6.84. The van der Waals surface area contributed by atoms with Crippen LogP contribution in [0.25, 0.3) is 0 Å². The van der Waals surface area contributed by atoms with Crippen LogP contribution in [-0.2, 0) is 0 Å². The van der Waals surface area contributed by atoms with Gasteiger partial charge in [-0.2, -0.15) is 0 Å². The Labute approximate surface area is 149 Å². The number of hydrogen-bond acceptors (Lipinski definition) is 3. The molecule has 2 aromatic carbocycles. The van der Waals surface area contributed by atoms with Gasteiger partial charge in [-0.15, -0.1) is 11.6 Å². The monoisotopic (exact) mass is 372 g/mol. The van der Waals surface area contributed by atoms with Crippen molar-refractivity contribution in [1.29, 1.82) is 0 Å². The molecular weight excluding hydrogens is 359 g/mol. The third-order valence-electron chi connectivity index (χ3n) is 3.05. The average molecular weight is 374 g/mol. The summed E-state index contributed by atoms with van der Waals surface area (Å²) >= 11 is 17.8. The van der Waals surface area contributed by atoms with Crippen molar-refractivity contribution in [3.05, 3.63) is 58.1 Å². The summed E-state index contributed by atoms with van der Waals surface area (Å²) in [5.41, 5.74) is 1.49. The van der Waals surface area contributed by atoms with Crippen molar-refractivity contribution in [2.24, 2.45) is 0 Å². The van der Waals surface area contributed by atoms with Gasteiger partial charge in [-0.25, -0.2) is 0 Å². The molecule has 0 saturated carbocycles. The quantitative estimate of drug-likeness (QED) is 0.663. The first-order valence-corrected chi connectivity index (χ1v) is 8.13. The zero-order valence-electron chi connectivity index (χ0n) is 12.0. The second-order valence-corrected chi connectivity index (χ2v) is 5.94. The van der Waals surface area contributed by atoms with E-state index in [2.05, 4.69) is 10.6 Å². The molecule has 7 heteroatoms. The average Bonchev–Trinajstić information content (AvgIpc) is 2.56. The Morgan fingerprint density at radius 1 is 1.09 bits per heavy atom. The van der Waals surface area contributed by atoms with E-state index in [0.717, 1.165) is 0 Å². The van der Waals surface area contributed by atoms with Gasteiger partial charge in [0.25, 0.3) is 5.91 Å². The number of anilines is 2. The molecule has 0 radical (unpaired) electrons. The second-order valence-electron chi connectivity index (χ2n) is 4.82. The van der Waals surface area contributed by atoms with Gasteiger partial charge in [-0.1, -0.05) is 41.4 Å². The van der Waals surface area contributed by atoms with Gasteiger partial charge in [0, 0.05) is 12.1 Å². The molecule has 0 heterocycles. The zero-order valence-corrected chi connectivity index (χ0v) is 14.3. The number of hydrogen-bond donors (Lipinski definition) is 3. The molecule has 122 valence electrons. The van der Waals surface area contributed by atoms with Crippen molar-refractivity contribution >= 4 is 52.1 Å². The Balaban J connectivity index is 2.16. The number of aliphatic hydroxyl groups is 1. The lowest BCUT2D eigenvalue weighted by Crippen LogP contribution is -2.21. The fourth-order valence-electron chi connectivity index (χ4n) is 1.85. The minimum Gasteiger partial charge on any atom is -0.390 e. The number of carbonyl (C=O) groups is 1. The molecule has 0 aliphatic rings. The molecule has 0 bridgehead atoms. The van der Waals surface area contributed by atoms with Crippen molar-refractivity contribution in [2.45, 2.75) is 6.10 Å². The highest BCUT2D eigenvalue weighted by Gasteiger charge is 2.12. The summed E-state index contributed by atoms with van der Waals surface area (Å²) in [5.74, 6) is -0.169. The Kier molecular flexibility index (Phi) is 6.54. The van der Waals surface area contributed by atoms with Crippen LogP contribution in [0.5, 0.6) is 0 Å². The lowest BCUT2D eigenvalue weighted by Gasteiger charge is -2.14. The lowest BCUT2D eigenvalue weighted by molar-refractivity contribution is 0.102. The number of halogens is 3. The lowest BCUT2D eigenvalue weighted by atomic mass is 10.2. The highest BCUT2D eigenvalue weighted by Crippen LogP contribution is 2.33. The largest absolute Gasteiger partial charge is 0.390 e. The number of alkyl halides is 1. The number of aliphatic hydroxyl groups excluding tert-OH is 1. The third-order valence-corrected chi connectivity index (χ3v) is 4.03. The molecule has 4 nitrogen and oxygen atoms in total. The minimum atomic E-state index is -0.703. The molecule has 0 saturated heterocycles. The van der Waals surface area contributed by atoms with Crippen LogP contribution in [-0.4, -0.2) is 29.5 Å². The summed E-state index contributed by atoms with van der Waals surface area (Å²) in [6.45, 7) is 0.233. The van der Waals surface area contributed by atoms with E-state index >= 15 is 0 Å². The van der Waals surface area contributed by atoms with Gasteiger partial charge in [0.05, 0.1) is 33.4 Å². The van der Waals surface area contributed by atoms with Gasteiger partial charge in [0.15, 0.2) is 0 Å². The van der Waals surface area contributed by atoms with Gasteiger partial charge in [0.1, 0.15) is 0 Å². The van der Waals surface area contributed by atoms with Crippen molar-refractivity contribution in [1.82, 2.24) is 0 Å². The van der Waals surface area contributed by atoms with Gasteiger partial charge in [-0.3, -0.25) is 4.79 Å². The molecule has 3 N–H and O–H groups in total. The standard InChI is InChI=1S/C16H15Cl3N2O2/c17-8-11(22)9-20-14-7-15(13(19)6-12(14)18)21-16(23)10-4-2-1-3-5-10/h1-7,11,20,22H,8-9H2,(H,21,23). The first kappa shape index (κ1) is 17.9. The molecule has 0 fully saturated rings. The molecule has 2 aromatic rings. The van der Waals surface area contributed by atoms with Crippen LogP contribution in [0, 0.1) is 0 Å². The molecule has 0 aliphatic carbocycles. The summed E-state index contributed by atoms with van der Waals surface area (Å²) in [7, 11) is 0. The number of nitrogens with one attached hydrogen (secondary N) is 2. The molecule has 1 amide bonds. The van der Waals surface area contributed by atoms with E-state index in [1.807, 2.05) is 6.07 Å². The molecule has 0 aromatic heterocycles.